The first-order valence-electron chi connectivity index (χ1n) is 7.84. The maximum absolute atomic E-state index is 13.2. The monoisotopic (exact) mass is 353 g/mol. The molecule has 0 aliphatic heterocycles. The third-order valence-corrected chi connectivity index (χ3v) is 3.72. The van der Waals surface area contributed by atoms with E-state index in [0.717, 1.165) is 5.69 Å². The summed E-state index contributed by atoms with van der Waals surface area (Å²) in [4.78, 5) is 23.8. The Bertz CT molecular complexity index is 921. The molecule has 0 bridgehead atoms. The summed E-state index contributed by atoms with van der Waals surface area (Å²) in [6.45, 7) is -0.255. The van der Waals surface area contributed by atoms with Gasteiger partial charge in [-0.25, -0.2) is 9.07 Å². The topological polar surface area (TPSA) is 73.2 Å². The summed E-state index contributed by atoms with van der Waals surface area (Å²) in [7, 11) is 1.24. The van der Waals surface area contributed by atoms with Gasteiger partial charge in [0.2, 0.25) is 0 Å². The van der Waals surface area contributed by atoms with Crippen LogP contribution in [0.1, 0.15) is 10.4 Å². The summed E-state index contributed by atoms with van der Waals surface area (Å²) in [5, 5.41) is 6.96. The summed E-state index contributed by atoms with van der Waals surface area (Å²) < 4.78 is 19.3. The van der Waals surface area contributed by atoms with Gasteiger partial charge in [0.1, 0.15) is 18.1 Å². The van der Waals surface area contributed by atoms with Crippen molar-refractivity contribution in [1.82, 2.24) is 15.1 Å². The van der Waals surface area contributed by atoms with Crippen LogP contribution >= 0.6 is 0 Å². The SMILES string of the molecule is COC(=O)CNC(=O)c1cn(-c2ccccc2)nc1-c1ccc(F)cc1. The van der Waals surface area contributed by atoms with Crippen molar-refractivity contribution in [3.8, 4) is 16.9 Å². The lowest BCUT2D eigenvalue weighted by atomic mass is 10.1. The maximum Gasteiger partial charge on any atom is 0.325 e. The average molecular weight is 353 g/mol. The van der Waals surface area contributed by atoms with Gasteiger partial charge in [-0.1, -0.05) is 18.2 Å². The molecule has 1 N–H and O–H groups in total. The van der Waals surface area contributed by atoms with E-state index in [2.05, 4.69) is 15.2 Å². The van der Waals surface area contributed by atoms with E-state index in [1.165, 1.54) is 19.2 Å². The lowest BCUT2D eigenvalue weighted by molar-refractivity contribution is -0.139. The lowest BCUT2D eigenvalue weighted by Gasteiger charge is -2.04. The second-order valence-electron chi connectivity index (χ2n) is 5.44. The van der Waals surface area contributed by atoms with Gasteiger partial charge in [-0.2, -0.15) is 5.10 Å². The first-order chi connectivity index (χ1) is 12.6. The minimum Gasteiger partial charge on any atom is -0.468 e. The van der Waals surface area contributed by atoms with E-state index in [1.54, 1.807) is 23.0 Å². The van der Waals surface area contributed by atoms with Crippen LogP contribution in [0.15, 0.2) is 60.8 Å². The summed E-state index contributed by atoms with van der Waals surface area (Å²) in [5.74, 6) is -1.41. The minimum atomic E-state index is -0.558. The second-order valence-corrected chi connectivity index (χ2v) is 5.44. The zero-order chi connectivity index (χ0) is 18.5. The number of carbonyl (C=O) groups excluding carboxylic acids is 2. The predicted molar refractivity (Wildman–Crippen MR) is 93.3 cm³/mol. The van der Waals surface area contributed by atoms with Gasteiger partial charge in [0, 0.05) is 11.8 Å². The molecule has 0 saturated carbocycles. The molecule has 0 fully saturated rings. The van der Waals surface area contributed by atoms with E-state index in [1.807, 2.05) is 30.3 Å². The van der Waals surface area contributed by atoms with E-state index in [9.17, 15) is 14.0 Å². The van der Waals surface area contributed by atoms with Crippen LogP contribution in [-0.4, -0.2) is 35.3 Å². The Kier molecular flexibility index (Phi) is 5.07. The van der Waals surface area contributed by atoms with Crippen LogP contribution in [0.25, 0.3) is 16.9 Å². The molecule has 0 aliphatic rings. The molecule has 0 spiro atoms. The van der Waals surface area contributed by atoms with Crippen molar-refractivity contribution in [2.75, 3.05) is 13.7 Å². The molecule has 0 radical (unpaired) electrons. The van der Waals surface area contributed by atoms with Gasteiger partial charge in [0.05, 0.1) is 18.4 Å². The van der Waals surface area contributed by atoms with Crippen LogP contribution in [0.3, 0.4) is 0 Å². The summed E-state index contributed by atoms with van der Waals surface area (Å²) >= 11 is 0. The van der Waals surface area contributed by atoms with Gasteiger partial charge >= 0.3 is 5.97 Å². The Labute approximate surface area is 149 Å². The number of rotatable bonds is 5. The molecule has 2 aromatic carbocycles. The molecule has 3 aromatic rings. The lowest BCUT2D eigenvalue weighted by Crippen LogP contribution is -2.30. The quantitative estimate of drug-likeness (QED) is 0.716. The zero-order valence-corrected chi connectivity index (χ0v) is 14.0. The molecule has 0 unspecified atom stereocenters. The van der Waals surface area contributed by atoms with Crippen molar-refractivity contribution in [3.05, 3.63) is 72.2 Å². The third-order valence-electron chi connectivity index (χ3n) is 3.72. The zero-order valence-electron chi connectivity index (χ0n) is 14.0. The van der Waals surface area contributed by atoms with E-state index >= 15 is 0 Å². The molecular formula is C19H16FN3O3. The summed E-state index contributed by atoms with van der Waals surface area (Å²) in [5.41, 5.74) is 2.01. The number of halogens is 1. The van der Waals surface area contributed by atoms with Gasteiger partial charge in [0.15, 0.2) is 0 Å². The number of nitrogens with zero attached hydrogens (tertiary/aromatic N) is 2. The fourth-order valence-corrected chi connectivity index (χ4v) is 2.39. The molecule has 7 heteroatoms. The van der Waals surface area contributed by atoms with Crippen molar-refractivity contribution in [2.45, 2.75) is 0 Å². The fourth-order valence-electron chi connectivity index (χ4n) is 2.39. The fraction of sp³-hybridized carbons (Fsp3) is 0.105. The van der Waals surface area contributed by atoms with Gasteiger partial charge in [-0.05, 0) is 36.4 Å². The van der Waals surface area contributed by atoms with Gasteiger partial charge in [0.25, 0.3) is 5.91 Å². The Morgan fingerprint density at radius 3 is 2.46 bits per heavy atom. The predicted octanol–water partition coefficient (Wildman–Crippen LogP) is 2.58. The number of benzene rings is 2. The molecular weight excluding hydrogens is 337 g/mol. The number of hydrogen-bond donors (Lipinski definition) is 1. The van der Waals surface area contributed by atoms with Crippen LogP contribution in [0, 0.1) is 5.82 Å². The average Bonchev–Trinajstić information content (AvgIpc) is 3.12. The van der Waals surface area contributed by atoms with Crippen molar-refractivity contribution >= 4 is 11.9 Å². The molecule has 132 valence electrons. The summed E-state index contributed by atoms with van der Waals surface area (Å²) in [6, 6.07) is 15.0. The molecule has 0 saturated heterocycles. The number of esters is 1. The van der Waals surface area contributed by atoms with E-state index < -0.39 is 11.9 Å². The number of amides is 1. The molecule has 0 aliphatic carbocycles. The highest BCUT2D eigenvalue weighted by molar-refractivity contribution is 6.01. The molecule has 0 atom stereocenters. The standard InChI is InChI=1S/C19H16FN3O3/c1-26-17(24)11-21-19(25)16-12-23(15-5-3-2-4-6-15)22-18(16)13-7-9-14(20)10-8-13/h2-10,12H,11H2,1H3,(H,21,25). The van der Waals surface area contributed by atoms with E-state index in [4.69, 9.17) is 0 Å². The maximum atomic E-state index is 13.2. The number of nitrogens with one attached hydrogen (secondary N) is 1. The van der Waals surface area contributed by atoms with Crippen molar-refractivity contribution in [3.63, 3.8) is 0 Å². The Balaban J connectivity index is 2.00. The molecule has 6 nitrogen and oxygen atoms in total. The van der Waals surface area contributed by atoms with E-state index in [0.29, 0.717) is 11.3 Å². The first kappa shape index (κ1) is 17.3. The number of para-hydroxylation sites is 1. The van der Waals surface area contributed by atoms with Crippen molar-refractivity contribution in [1.29, 1.82) is 0 Å². The van der Waals surface area contributed by atoms with E-state index in [-0.39, 0.29) is 17.9 Å². The second kappa shape index (κ2) is 7.60. The number of carbonyl (C=O) groups is 2. The highest BCUT2D eigenvalue weighted by atomic mass is 19.1. The van der Waals surface area contributed by atoms with Crippen LogP contribution in [-0.2, 0) is 9.53 Å². The molecule has 3 rings (SSSR count). The van der Waals surface area contributed by atoms with Crippen LogP contribution in [0.2, 0.25) is 0 Å². The highest BCUT2D eigenvalue weighted by Gasteiger charge is 2.19. The first-order valence-corrected chi connectivity index (χ1v) is 7.84. The van der Waals surface area contributed by atoms with Gasteiger partial charge in [-0.15, -0.1) is 0 Å². The molecule has 1 aromatic heterocycles. The number of hydrogen-bond acceptors (Lipinski definition) is 4. The van der Waals surface area contributed by atoms with Gasteiger partial charge < -0.3 is 10.1 Å². The van der Waals surface area contributed by atoms with Crippen LogP contribution < -0.4 is 5.32 Å². The van der Waals surface area contributed by atoms with Crippen molar-refractivity contribution in [2.24, 2.45) is 0 Å². The summed E-state index contributed by atoms with van der Waals surface area (Å²) in [6.07, 6.45) is 1.57. The largest absolute Gasteiger partial charge is 0.468 e. The molecule has 26 heavy (non-hydrogen) atoms. The van der Waals surface area contributed by atoms with Crippen molar-refractivity contribution < 1.29 is 18.7 Å². The Morgan fingerprint density at radius 2 is 1.81 bits per heavy atom. The Hall–Kier alpha value is -3.48. The highest BCUT2D eigenvalue weighted by Crippen LogP contribution is 2.24. The molecule has 1 amide bonds. The number of methoxy groups -OCH3 is 1. The van der Waals surface area contributed by atoms with Crippen LogP contribution in [0.5, 0.6) is 0 Å². The van der Waals surface area contributed by atoms with Crippen LogP contribution in [0.4, 0.5) is 4.39 Å². The smallest absolute Gasteiger partial charge is 0.325 e. The third kappa shape index (κ3) is 3.77. The Morgan fingerprint density at radius 1 is 1.12 bits per heavy atom. The minimum absolute atomic E-state index is 0.255. The number of ether oxygens (including phenoxy) is 1. The normalized spacial score (nSPS) is 10.4. The molecule has 1 heterocycles. The van der Waals surface area contributed by atoms with Gasteiger partial charge in [-0.3, -0.25) is 9.59 Å². The number of aromatic nitrogens is 2.